The maximum atomic E-state index is 5.06. The monoisotopic (exact) mass is 226 g/mol. The molecular formula is C13H26N2O. The molecule has 0 amide bonds. The van der Waals surface area contributed by atoms with Gasteiger partial charge in [0.1, 0.15) is 0 Å². The highest BCUT2D eigenvalue weighted by molar-refractivity contribution is 4.88. The van der Waals surface area contributed by atoms with Gasteiger partial charge in [-0.3, -0.25) is 4.90 Å². The number of rotatable bonds is 6. The van der Waals surface area contributed by atoms with Crippen LogP contribution in [0, 0.1) is 0 Å². The summed E-state index contributed by atoms with van der Waals surface area (Å²) in [7, 11) is 1.77. The van der Waals surface area contributed by atoms with Gasteiger partial charge in [-0.1, -0.05) is 12.8 Å². The van der Waals surface area contributed by atoms with E-state index in [0.717, 1.165) is 31.8 Å². The van der Waals surface area contributed by atoms with E-state index in [0.29, 0.717) is 0 Å². The quantitative estimate of drug-likeness (QED) is 0.697. The van der Waals surface area contributed by atoms with Gasteiger partial charge in [0.15, 0.2) is 0 Å². The summed E-state index contributed by atoms with van der Waals surface area (Å²) in [5.74, 6) is 0. The zero-order valence-electron chi connectivity index (χ0n) is 10.6. The van der Waals surface area contributed by atoms with Crippen LogP contribution in [0.4, 0.5) is 0 Å². The highest BCUT2D eigenvalue weighted by Crippen LogP contribution is 2.29. The van der Waals surface area contributed by atoms with Crippen molar-refractivity contribution in [3.63, 3.8) is 0 Å². The topological polar surface area (TPSA) is 24.5 Å². The average Bonchev–Trinajstić information content (AvgIpc) is 2.94. The van der Waals surface area contributed by atoms with Crippen molar-refractivity contribution in [3.8, 4) is 0 Å². The van der Waals surface area contributed by atoms with E-state index in [2.05, 4.69) is 10.2 Å². The second-order valence-corrected chi connectivity index (χ2v) is 5.17. The van der Waals surface area contributed by atoms with E-state index in [4.69, 9.17) is 4.74 Å². The first-order chi connectivity index (χ1) is 7.92. The molecule has 1 N–H and O–H groups in total. The number of hydrogen-bond donors (Lipinski definition) is 1. The number of hydrogen-bond acceptors (Lipinski definition) is 3. The minimum Gasteiger partial charge on any atom is -0.383 e. The summed E-state index contributed by atoms with van der Waals surface area (Å²) in [5.41, 5.74) is 0. The molecule has 1 aliphatic heterocycles. The Balaban J connectivity index is 1.70. The van der Waals surface area contributed by atoms with Gasteiger partial charge in [-0.05, 0) is 32.2 Å². The standard InChI is InChI=1S/C13H26N2O/c1-16-10-8-14-11-13-7-4-9-15(13)12-5-2-3-6-12/h12-14H,2-11H2,1H3. The first kappa shape index (κ1) is 12.3. The summed E-state index contributed by atoms with van der Waals surface area (Å²) in [4.78, 5) is 2.77. The molecular weight excluding hydrogens is 200 g/mol. The smallest absolute Gasteiger partial charge is 0.0587 e. The van der Waals surface area contributed by atoms with Crippen LogP contribution in [0.5, 0.6) is 0 Å². The Morgan fingerprint density at radius 2 is 2.00 bits per heavy atom. The maximum absolute atomic E-state index is 5.06. The Morgan fingerprint density at radius 3 is 2.75 bits per heavy atom. The molecule has 3 nitrogen and oxygen atoms in total. The van der Waals surface area contributed by atoms with E-state index in [1.807, 2.05) is 0 Å². The van der Waals surface area contributed by atoms with Crippen LogP contribution in [0.1, 0.15) is 38.5 Å². The lowest BCUT2D eigenvalue weighted by Crippen LogP contribution is -2.43. The average molecular weight is 226 g/mol. The second-order valence-electron chi connectivity index (χ2n) is 5.17. The van der Waals surface area contributed by atoms with Gasteiger partial charge in [-0.2, -0.15) is 0 Å². The van der Waals surface area contributed by atoms with Gasteiger partial charge in [0.2, 0.25) is 0 Å². The van der Waals surface area contributed by atoms with Gasteiger partial charge in [-0.25, -0.2) is 0 Å². The van der Waals surface area contributed by atoms with E-state index in [-0.39, 0.29) is 0 Å². The van der Waals surface area contributed by atoms with Crippen LogP contribution in [-0.2, 0) is 4.74 Å². The Bertz CT molecular complexity index is 192. The van der Waals surface area contributed by atoms with Crippen molar-refractivity contribution >= 4 is 0 Å². The number of likely N-dealkylation sites (tertiary alicyclic amines) is 1. The van der Waals surface area contributed by atoms with Crippen molar-refractivity contribution in [2.45, 2.75) is 50.6 Å². The van der Waals surface area contributed by atoms with E-state index in [9.17, 15) is 0 Å². The summed E-state index contributed by atoms with van der Waals surface area (Å²) >= 11 is 0. The van der Waals surface area contributed by atoms with Gasteiger partial charge in [0.05, 0.1) is 6.61 Å². The Labute approximate surface area is 99.5 Å². The second kappa shape index (κ2) is 6.58. The Hall–Kier alpha value is -0.120. The molecule has 1 heterocycles. The van der Waals surface area contributed by atoms with E-state index in [1.54, 1.807) is 7.11 Å². The fraction of sp³-hybridized carbons (Fsp3) is 1.00. The molecule has 2 aliphatic rings. The molecule has 0 aromatic heterocycles. The molecule has 0 aromatic carbocycles. The Morgan fingerprint density at radius 1 is 1.19 bits per heavy atom. The third kappa shape index (κ3) is 3.19. The summed E-state index contributed by atoms with van der Waals surface area (Å²) in [6.07, 6.45) is 8.56. The molecule has 16 heavy (non-hydrogen) atoms. The predicted octanol–water partition coefficient (Wildman–Crippen LogP) is 1.63. The number of nitrogens with zero attached hydrogens (tertiary/aromatic N) is 1. The van der Waals surface area contributed by atoms with Crippen LogP contribution in [-0.4, -0.2) is 50.3 Å². The van der Waals surface area contributed by atoms with Crippen LogP contribution >= 0.6 is 0 Å². The van der Waals surface area contributed by atoms with Crippen molar-refractivity contribution in [1.29, 1.82) is 0 Å². The zero-order chi connectivity index (χ0) is 11.2. The predicted molar refractivity (Wildman–Crippen MR) is 66.7 cm³/mol. The highest BCUT2D eigenvalue weighted by Gasteiger charge is 2.31. The van der Waals surface area contributed by atoms with Crippen molar-refractivity contribution in [3.05, 3.63) is 0 Å². The highest BCUT2D eigenvalue weighted by atomic mass is 16.5. The van der Waals surface area contributed by atoms with Crippen molar-refractivity contribution in [1.82, 2.24) is 10.2 Å². The lowest BCUT2D eigenvalue weighted by molar-refractivity contribution is 0.168. The minimum absolute atomic E-state index is 0.792. The van der Waals surface area contributed by atoms with Gasteiger partial charge < -0.3 is 10.1 Å². The molecule has 94 valence electrons. The molecule has 3 heteroatoms. The normalized spacial score (nSPS) is 27.9. The molecule has 1 aliphatic carbocycles. The molecule has 2 rings (SSSR count). The largest absolute Gasteiger partial charge is 0.383 e. The molecule has 1 saturated carbocycles. The molecule has 0 aromatic rings. The van der Waals surface area contributed by atoms with Crippen molar-refractivity contribution in [2.75, 3.05) is 33.4 Å². The third-order valence-corrected chi connectivity index (χ3v) is 4.08. The van der Waals surface area contributed by atoms with Crippen LogP contribution in [0.15, 0.2) is 0 Å². The molecule has 2 fully saturated rings. The fourth-order valence-corrected chi connectivity index (χ4v) is 3.24. The van der Waals surface area contributed by atoms with Gasteiger partial charge in [0, 0.05) is 32.3 Å². The SMILES string of the molecule is COCCNCC1CCCN1C1CCCC1. The van der Waals surface area contributed by atoms with E-state index >= 15 is 0 Å². The van der Waals surface area contributed by atoms with E-state index < -0.39 is 0 Å². The minimum atomic E-state index is 0.792. The van der Waals surface area contributed by atoms with Crippen LogP contribution < -0.4 is 5.32 Å². The zero-order valence-corrected chi connectivity index (χ0v) is 10.6. The molecule has 0 bridgehead atoms. The van der Waals surface area contributed by atoms with Gasteiger partial charge in [-0.15, -0.1) is 0 Å². The van der Waals surface area contributed by atoms with Crippen molar-refractivity contribution < 1.29 is 4.74 Å². The first-order valence-corrected chi connectivity index (χ1v) is 6.87. The number of nitrogens with one attached hydrogen (secondary N) is 1. The molecule has 0 radical (unpaired) electrons. The molecule has 1 unspecified atom stereocenters. The number of ether oxygens (including phenoxy) is 1. The lowest BCUT2D eigenvalue weighted by atomic mass is 10.1. The molecule has 0 spiro atoms. The van der Waals surface area contributed by atoms with Crippen LogP contribution in [0.25, 0.3) is 0 Å². The first-order valence-electron chi connectivity index (χ1n) is 6.87. The molecule has 1 atom stereocenters. The summed E-state index contributed by atoms with van der Waals surface area (Å²) in [5, 5.41) is 3.52. The van der Waals surface area contributed by atoms with E-state index in [1.165, 1.54) is 45.1 Å². The van der Waals surface area contributed by atoms with Gasteiger partial charge in [0.25, 0.3) is 0 Å². The van der Waals surface area contributed by atoms with Gasteiger partial charge >= 0.3 is 0 Å². The molecule has 1 saturated heterocycles. The van der Waals surface area contributed by atoms with Crippen molar-refractivity contribution in [2.24, 2.45) is 0 Å². The third-order valence-electron chi connectivity index (χ3n) is 4.08. The maximum Gasteiger partial charge on any atom is 0.0587 e. The fourth-order valence-electron chi connectivity index (χ4n) is 3.24. The number of methoxy groups -OCH3 is 1. The summed E-state index contributed by atoms with van der Waals surface area (Å²) in [6.45, 7) is 4.31. The van der Waals surface area contributed by atoms with Crippen LogP contribution in [0.3, 0.4) is 0 Å². The summed E-state index contributed by atoms with van der Waals surface area (Å²) < 4.78 is 5.06. The lowest BCUT2D eigenvalue weighted by Gasteiger charge is -2.30. The van der Waals surface area contributed by atoms with Crippen LogP contribution in [0.2, 0.25) is 0 Å². The Kier molecular flexibility index (Phi) is 5.07. The summed E-state index contributed by atoms with van der Waals surface area (Å²) in [6, 6.07) is 1.69.